The highest BCUT2D eigenvalue weighted by atomic mass is 32.2. The van der Waals surface area contributed by atoms with Gasteiger partial charge in [-0.25, -0.2) is 8.42 Å². The summed E-state index contributed by atoms with van der Waals surface area (Å²) < 4.78 is 53.9. The first kappa shape index (κ1) is 26.6. The highest BCUT2D eigenvalue weighted by Crippen LogP contribution is 2.47. The summed E-state index contributed by atoms with van der Waals surface area (Å²) in [4.78, 5) is 11.4. The zero-order chi connectivity index (χ0) is 25.8. The number of phenols is 1. The lowest BCUT2D eigenvalue weighted by molar-refractivity contribution is -0.114. The molecule has 0 spiro atoms. The average Bonchev–Trinajstić information content (AvgIpc) is 3.31. The van der Waals surface area contributed by atoms with Crippen LogP contribution in [0.15, 0.2) is 29.2 Å². The van der Waals surface area contributed by atoms with Crippen molar-refractivity contribution in [2.45, 2.75) is 50.2 Å². The number of ketones is 1. The van der Waals surface area contributed by atoms with Crippen molar-refractivity contribution in [1.82, 2.24) is 0 Å². The van der Waals surface area contributed by atoms with Crippen LogP contribution in [0, 0.1) is 0 Å². The number of carbonyl (C=O) groups excluding carboxylic acids is 1. The number of rotatable bonds is 11. The number of benzene rings is 2. The van der Waals surface area contributed by atoms with Crippen molar-refractivity contribution in [1.29, 1.82) is 0 Å². The van der Waals surface area contributed by atoms with E-state index in [-0.39, 0.29) is 29.1 Å². The minimum atomic E-state index is -4.02. The first-order valence-electron chi connectivity index (χ1n) is 11.3. The Bertz CT molecular complexity index is 1150. The van der Waals surface area contributed by atoms with Crippen molar-refractivity contribution in [2.75, 3.05) is 33.7 Å². The second-order valence-electron chi connectivity index (χ2n) is 8.33. The Morgan fingerprint density at radius 2 is 1.54 bits per heavy atom. The molecule has 1 saturated heterocycles. The van der Waals surface area contributed by atoms with E-state index in [2.05, 4.69) is 0 Å². The van der Waals surface area contributed by atoms with E-state index in [9.17, 15) is 18.3 Å². The Morgan fingerprint density at radius 1 is 0.971 bits per heavy atom. The summed E-state index contributed by atoms with van der Waals surface area (Å²) in [5, 5.41) is 10.7. The van der Waals surface area contributed by atoms with Crippen LogP contribution in [0.25, 0.3) is 0 Å². The van der Waals surface area contributed by atoms with E-state index in [0.717, 1.165) is 5.56 Å². The molecule has 0 saturated carbocycles. The van der Waals surface area contributed by atoms with E-state index in [0.29, 0.717) is 42.1 Å². The Labute approximate surface area is 205 Å². The van der Waals surface area contributed by atoms with Gasteiger partial charge in [0.15, 0.2) is 32.8 Å². The van der Waals surface area contributed by atoms with Crippen LogP contribution in [0.5, 0.6) is 28.7 Å². The van der Waals surface area contributed by atoms with Crippen molar-refractivity contribution >= 4 is 15.6 Å². The van der Waals surface area contributed by atoms with Gasteiger partial charge in [-0.05, 0) is 61.6 Å². The number of aromatic hydroxyl groups is 1. The third-order valence-corrected chi connectivity index (χ3v) is 7.45. The zero-order valence-corrected chi connectivity index (χ0v) is 21.4. The maximum atomic E-state index is 12.9. The number of hydrogen-bond acceptors (Lipinski definition) is 9. The molecule has 0 amide bonds. The van der Waals surface area contributed by atoms with Crippen molar-refractivity contribution in [3.8, 4) is 28.7 Å². The van der Waals surface area contributed by atoms with Gasteiger partial charge < -0.3 is 28.8 Å². The summed E-state index contributed by atoms with van der Waals surface area (Å²) in [7, 11) is 0.575. The van der Waals surface area contributed by atoms with E-state index >= 15 is 0 Å². The van der Waals surface area contributed by atoms with Crippen LogP contribution < -0.4 is 18.9 Å². The molecule has 2 aromatic rings. The fourth-order valence-corrected chi connectivity index (χ4v) is 5.59. The molecule has 3 rings (SSSR count). The summed E-state index contributed by atoms with van der Waals surface area (Å²) in [5.74, 6) is -0.160. The fraction of sp³-hybridized carbons (Fsp3) is 0.480. The molecule has 1 heterocycles. The predicted octanol–water partition coefficient (Wildman–Crippen LogP) is 4.16. The lowest BCUT2D eigenvalue weighted by Gasteiger charge is -2.20. The van der Waals surface area contributed by atoms with Crippen LogP contribution in [0.2, 0.25) is 0 Å². The molecule has 0 aliphatic carbocycles. The largest absolute Gasteiger partial charge is 0.504 e. The van der Waals surface area contributed by atoms with Crippen molar-refractivity contribution in [3.05, 3.63) is 35.4 Å². The van der Waals surface area contributed by atoms with Gasteiger partial charge in [-0.1, -0.05) is 6.92 Å². The number of Topliss-reactive ketones (excluding diaryl/α,β-unsaturated/α-hetero) is 1. The van der Waals surface area contributed by atoms with Crippen LogP contribution in [-0.2, 0) is 19.4 Å². The predicted molar refractivity (Wildman–Crippen MR) is 129 cm³/mol. The Balaban J connectivity index is 1.96. The molecule has 2 aromatic carbocycles. The highest BCUT2D eigenvalue weighted by Gasteiger charge is 2.32. The molecule has 1 fully saturated rings. The van der Waals surface area contributed by atoms with Gasteiger partial charge in [-0.15, -0.1) is 0 Å². The number of ether oxygens (including phenoxy) is 5. The topological polar surface area (TPSA) is 118 Å². The van der Waals surface area contributed by atoms with Gasteiger partial charge in [-0.2, -0.15) is 0 Å². The standard InChI is InChI=1S/C25H32O9S/c1-6-9-33-24-18(27)10-16(13-23(24)35(28,29)14-15(2)26)19-7-8-20(34-19)17-11-21(30-3)25(32-5)22(12-17)31-4/h10-13,19-20,27H,6-9,14H2,1-5H3. The number of methoxy groups -OCH3 is 3. The third-order valence-electron chi connectivity index (χ3n) is 5.69. The minimum absolute atomic E-state index is 0.143. The molecule has 2 unspecified atom stereocenters. The van der Waals surface area contributed by atoms with E-state index < -0.39 is 27.5 Å². The number of phenolic OH excluding ortho intramolecular Hbond substituents is 1. The SMILES string of the molecule is CCCOc1c(O)cc(C2CCC(c3cc(OC)c(OC)c(OC)c3)O2)cc1S(=O)(=O)CC(C)=O. The Hall–Kier alpha value is -2.98. The van der Waals surface area contributed by atoms with Crippen molar-refractivity contribution in [3.63, 3.8) is 0 Å². The van der Waals surface area contributed by atoms with Crippen LogP contribution in [0.4, 0.5) is 0 Å². The summed E-state index contributed by atoms with van der Waals surface area (Å²) in [6, 6.07) is 6.53. The zero-order valence-electron chi connectivity index (χ0n) is 20.6. The van der Waals surface area contributed by atoms with Crippen LogP contribution in [0.3, 0.4) is 0 Å². The quantitative estimate of drug-likeness (QED) is 0.477. The second kappa shape index (κ2) is 11.2. The van der Waals surface area contributed by atoms with E-state index in [1.165, 1.54) is 40.4 Å². The molecule has 9 nitrogen and oxygen atoms in total. The average molecular weight is 509 g/mol. The molecule has 0 radical (unpaired) electrons. The fourth-order valence-electron chi connectivity index (χ4n) is 4.13. The molecular formula is C25H32O9S. The number of hydrogen-bond donors (Lipinski definition) is 1. The molecule has 1 aliphatic heterocycles. The van der Waals surface area contributed by atoms with Gasteiger partial charge in [0.1, 0.15) is 16.4 Å². The van der Waals surface area contributed by atoms with Gasteiger partial charge in [0, 0.05) is 0 Å². The molecule has 35 heavy (non-hydrogen) atoms. The highest BCUT2D eigenvalue weighted by molar-refractivity contribution is 7.92. The van der Waals surface area contributed by atoms with E-state index in [1.807, 2.05) is 19.1 Å². The molecule has 1 aliphatic rings. The molecule has 2 atom stereocenters. The first-order valence-corrected chi connectivity index (χ1v) is 13.0. The summed E-state index contributed by atoms with van der Waals surface area (Å²) in [6.07, 6.45) is 1.06. The number of sulfone groups is 1. The molecule has 0 aromatic heterocycles. The molecular weight excluding hydrogens is 476 g/mol. The smallest absolute Gasteiger partial charge is 0.203 e. The van der Waals surface area contributed by atoms with E-state index in [1.54, 1.807) is 0 Å². The van der Waals surface area contributed by atoms with Crippen LogP contribution in [-0.4, -0.2) is 53.0 Å². The molecule has 1 N–H and O–H groups in total. The van der Waals surface area contributed by atoms with Crippen LogP contribution >= 0.6 is 0 Å². The second-order valence-corrected chi connectivity index (χ2v) is 10.3. The molecule has 10 heteroatoms. The summed E-state index contributed by atoms with van der Waals surface area (Å²) in [5.41, 5.74) is 1.31. The van der Waals surface area contributed by atoms with Gasteiger partial charge in [0.25, 0.3) is 0 Å². The van der Waals surface area contributed by atoms with Gasteiger partial charge in [0.2, 0.25) is 5.75 Å². The van der Waals surface area contributed by atoms with Crippen molar-refractivity contribution in [2.24, 2.45) is 0 Å². The normalized spacial score (nSPS) is 17.7. The lowest BCUT2D eigenvalue weighted by Crippen LogP contribution is -2.16. The van der Waals surface area contributed by atoms with Crippen LogP contribution in [0.1, 0.15) is 56.4 Å². The Kier molecular flexibility index (Phi) is 8.50. The monoisotopic (exact) mass is 508 g/mol. The van der Waals surface area contributed by atoms with Crippen molar-refractivity contribution < 1.29 is 42.0 Å². The molecule has 192 valence electrons. The third kappa shape index (κ3) is 5.82. The Morgan fingerprint density at radius 3 is 2.03 bits per heavy atom. The lowest BCUT2D eigenvalue weighted by atomic mass is 10.0. The van der Waals surface area contributed by atoms with Gasteiger partial charge in [-0.3, -0.25) is 4.79 Å². The maximum Gasteiger partial charge on any atom is 0.203 e. The van der Waals surface area contributed by atoms with E-state index in [4.69, 9.17) is 23.7 Å². The minimum Gasteiger partial charge on any atom is -0.504 e. The number of carbonyl (C=O) groups is 1. The summed E-state index contributed by atoms with van der Waals surface area (Å²) in [6.45, 7) is 3.29. The summed E-state index contributed by atoms with van der Waals surface area (Å²) >= 11 is 0. The first-order chi connectivity index (χ1) is 16.6. The van der Waals surface area contributed by atoms with Gasteiger partial charge in [0.05, 0.1) is 40.1 Å². The maximum absolute atomic E-state index is 12.9. The van der Waals surface area contributed by atoms with Gasteiger partial charge >= 0.3 is 0 Å². The molecule has 0 bridgehead atoms.